The number of carboxylic acid groups (broad SMARTS) is 1. The number of carboxylic acids is 1. The van der Waals surface area contributed by atoms with E-state index in [9.17, 15) is 9.59 Å². The summed E-state index contributed by atoms with van der Waals surface area (Å²) in [4.78, 5) is 26.2. The predicted octanol–water partition coefficient (Wildman–Crippen LogP) is 3.13. The lowest BCUT2D eigenvalue weighted by Gasteiger charge is -2.26. The topological polar surface area (TPSA) is 66.8 Å². The molecule has 0 aromatic carbocycles. The highest BCUT2D eigenvalue weighted by molar-refractivity contribution is 7.14. The number of aromatic carboxylic acids is 1. The molecule has 2 heterocycles. The molecule has 5 nitrogen and oxygen atoms in total. The molecular formula is C14H19NO4S. The van der Waals surface area contributed by atoms with Crippen LogP contribution in [-0.2, 0) is 17.7 Å². The second kappa shape index (κ2) is 5.44. The number of carbonyl (C=O) groups is 2. The van der Waals surface area contributed by atoms with Crippen LogP contribution in [0.25, 0.3) is 0 Å². The monoisotopic (exact) mass is 297 g/mol. The minimum atomic E-state index is -0.910. The molecule has 0 fully saturated rings. The Bertz CT molecular complexity index is 530. The van der Waals surface area contributed by atoms with Crippen LogP contribution in [0.15, 0.2) is 6.07 Å². The maximum absolute atomic E-state index is 12.1. The summed E-state index contributed by atoms with van der Waals surface area (Å²) >= 11 is 1.31. The maximum atomic E-state index is 12.1. The van der Waals surface area contributed by atoms with E-state index in [0.717, 1.165) is 23.3 Å². The second-order valence-electron chi connectivity index (χ2n) is 5.87. The van der Waals surface area contributed by atoms with Gasteiger partial charge in [0.1, 0.15) is 10.5 Å². The summed E-state index contributed by atoms with van der Waals surface area (Å²) in [6.45, 7) is 6.57. The minimum Gasteiger partial charge on any atom is -0.477 e. The van der Waals surface area contributed by atoms with Gasteiger partial charge in [0.25, 0.3) is 0 Å². The summed E-state index contributed by atoms with van der Waals surface area (Å²) in [6, 6.07) is 1.67. The van der Waals surface area contributed by atoms with E-state index in [-0.39, 0.29) is 6.09 Å². The molecule has 0 radical (unpaired) electrons. The van der Waals surface area contributed by atoms with Gasteiger partial charge in [-0.1, -0.05) is 0 Å². The normalized spacial score (nSPS) is 15.4. The molecule has 0 spiro atoms. The van der Waals surface area contributed by atoms with Crippen LogP contribution in [0, 0.1) is 0 Å². The van der Waals surface area contributed by atoms with Gasteiger partial charge in [-0.25, -0.2) is 9.59 Å². The van der Waals surface area contributed by atoms with Crippen molar-refractivity contribution in [1.29, 1.82) is 0 Å². The van der Waals surface area contributed by atoms with Crippen molar-refractivity contribution in [1.82, 2.24) is 4.90 Å². The van der Waals surface area contributed by atoms with Crippen molar-refractivity contribution >= 4 is 23.4 Å². The Hall–Kier alpha value is -1.56. The summed E-state index contributed by atoms with van der Waals surface area (Å²) < 4.78 is 5.38. The number of carbonyl (C=O) groups excluding carboxylic acids is 1. The van der Waals surface area contributed by atoms with Crippen LogP contribution in [-0.4, -0.2) is 34.2 Å². The molecule has 6 heteroatoms. The Morgan fingerprint density at radius 1 is 1.40 bits per heavy atom. The quantitative estimate of drug-likeness (QED) is 0.864. The van der Waals surface area contributed by atoms with Gasteiger partial charge < -0.3 is 14.7 Å². The Morgan fingerprint density at radius 2 is 2.10 bits per heavy atom. The molecule has 1 amide bonds. The molecule has 1 aliphatic heterocycles. The molecule has 20 heavy (non-hydrogen) atoms. The standard InChI is InChI=1S/C14H19NO4S/c1-14(2,3)19-13(18)15-6-4-5-10-9(8-15)7-11(20-10)12(16)17/h7H,4-6,8H2,1-3H3,(H,16,17). The van der Waals surface area contributed by atoms with Crippen molar-refractivity contribution in [2.75, 3.05) is 6.54 Å². The average molecular weight is 297 g/mol. The van der Waals surface area contributed by atoms with Crippen LogP contribution in [0.3, 0.4) is 0 Å². The molecule has 0 saturated carbocycles. The van der Waals surface area contributed by atoms with E-state index in [0.29, 0.717) is 18.0 Å². The summed E-state index contributed by atoms with van der Waals surface area (Å²) in [5.74, 6) is -0.910. The van der Waals surface area contributed by atoms with Gasteiger partial charge in [0.05, 0.1) is 6.54 Å². The number of ether oxygens (including phenoxy) is 1. The number of fused-ring (bicyclic) bond motifs is 1. The molecule has 1 aromatic heterocycles. The number of thiophene rings is 1. The zero-order valence-corrected chi connectivity index (χ0v) is 12.7. The number of rotatable bonds is 1. The smallest absolute Gasteiger partial charge is 0.410 e. The molecule has 1 aromatic rings. The van der Waals surface area contributed by atoms with Gasteiger partial charge in [-0.2, -0.15) is 0 Å². The third-order valence-corrected chi connectivity index (χ3v) is 4.18. The van der Waals surface area contributed by atoms with E-state index in [1.165, 1.54) is 11.3 Å². The van der Waals surface area contributed by atoms with E-state index < -0.39 is 11.6 Å². The Balaban J connectivity index is 2.15. The van der Waals surface area contributed by atoms with E-state index in [1.54, 1.807) is 11.0 Å². The lowest BCUT2D eigenvalue weighted by atomic mass is 10.2. The number of hydrogen-bond acceptors (Lipinski definition) is 4. The Morgan fingerprint density at radius 3 is 2.70 bits per heavy atom. The Kier molecular flexibility index (Phi) is 4.04. The molecule has 0 saturated heterocycles. The molecule has 0 atom stereocenters. The highest BCUT2D eigenvalue weighted by Crippen LogP contribution is 2.28. The highest BCUT2D eigenvalue weighted by Gasteiger charge is 2.26. The van der Waals surface area contributed by atoms with Gasteiger partial charge >= 0.3 is 12.1 Å². The lowest BCUT2D eigenvalue weighted by Crippen LogP contribution is -2.36. The first-order valence-electron chi connectivity index (χ1n) is 6.59. The van der Waals surface area contributed by atoms with Gasteiger partial charge in [-0.15, -0.1) is 11.3 Å². The van der Waals surface area contributed by atoms with E-state index in [1.807, 2.05) is 20.8 Å². The first-order chi connectivity index (χ1) is 9.26. The first kappa shape index (κ1) is 14.8. The molecule has 110 valence electrons. The van der Waals surface area contributed by atoms with Crippen molar-refractivity contribution in [3.05, 3.63) is 21.4 Å². The molecule has 0 unspecified atom stereocenters. The predicted molar refractivity (Wildman–Crippen MR) is 76.2 cm³/mol. The van der Waals surface area contributed by atoms with Crippen LogP contribution in [0.1, 0.15) is 47.3 Å². The number of nitrogens with zero attached hydrogens (tertiary/aromatic N) is 1. The number of hydrogen-bond donors (Lipinski definition) is 1. The molecule has 0 aliphatic carbocycles. The third kappa shape index (κ3) is 3.50. The fraction of sp³-hybridized carbons (Fsp3) is 0.571. The van der Waals surface area contributed by atoms with Gasteiger partial charge in [0, 0.05) is 11.4 Å². The van der Waals surface area contributed by atoms with E-state index in [4.69, 9.17) is 9.84 Å². The van der Waals surface area contributed by atoms with E-state index in [2.05, 4.69) is 0 Å². The fourth-order valence-electron chi connectivity index (χ4n) is 2.11. The molecular weight excluding hydrogens is 278 g/mol. The second-order valence-corrected chi connectivity index (χ2v) is 7.01. The summed E-state index contributed by atoms with van der Waals surface area (Å²) in [5, 5.41) is 9.04. The number of aryl methyl sites for hydroxylation is 1. The van der Waals surface area contributed by atoms with Crippen LogP contribution in [0.4, 0.5) is 4.79 Å². The SMILES string of the molecule is CC(C)(C)OC(=O)N1CCCc2sc(C(=O)O)cc2C1. The average Bonchev–Trinajstić information content (AvgIpc) is 2.59. The molecule has 0 bridgehead atoms. The number of amides is 1. The highest BCUT2D eigenvalue weighted by atomic mass is 32.1. The van der Waals surface area contributed by atoms with Gasteiger partial charge in [0.2, 0.25) is 0 Å². The summed E-state index contributed by atoms with van der Waals surface area (Å²) in [6.07, 6.45) is 1.30. The van der Waals surface area contributed by atoms with Crippen LogP contribution in [0.2, 0.25) is 0 Å². The van der Waals surface area contributed by atoms with E-state index >= 15 is 0 Å². The Labute approximate surface area is 122 Å². The van der Waals surface area contributed by atoms with Crippen LogP contribution < -0.4 is 0 Å². The summed E-state index contributed by atoms with van der Waals surface area (Å²) in [7, 11) is 0. The van der Waals surface area contributed by atoms with Gasteiger partial charge in [-0.3, -0.25) is 0 Å². The maximum Gasteiger partial charge on any atom is 0.410 e. The van der Waals surface area contributed by atoms with Gasteiger partial charge in [0.15, 0.2) is 0 Å². The van der Waals surface area contributed by atoms with Crippen LogP contribution >= 0.6 is 11.3 Å². The third-order valence-electron chi connectivity index (χ3n) is 2.95. The minimum absolute atomic E-state index is 0.334. The molecule has 2 rings (SSSR count). The lowest BCUT2D eigenvalue weighted by molar-refractivity contribution is 0.0237. The molecule has 1 aliphatic rings. The zero-order valence-electron chi connectivity index (χ0n) is 11.9. The molecule has 1 N–H and O–H groups in total. The van der Waals surface area contributed by atoms with Crippen molar-refractivity contribution in [3.8, 4) is 0 Å². The van der Waals surface area contributed by atoms with Crippen molar-refractivity contribution < 1.29 is 19.4 Å². The van der Waals surface area contributed by atoms with Crippen molar-refractivity contribution in [2.45, 2.75) is 45.8 Å². The summed E-state index contributed by atoms with van der Waals surface area (Å²) in [5.41, 5.74) is 0.406. The van der Waals surface area contributed by atoms with Gasteiger partial charge in [-0.05, 0) is 45.2 Å². The van der Waals surface area contributed by atoms with Crippen LogP contribution in [0.5, 0.6) is 0 Å². The fourth-order valence-corrected chi connectivity index (χ4v) is 3.17. The largest absolute Gasteiger partial charge is 0.477 e. The first-order valence-corrected chi connectivity index (χ1v) is 7.41. The van der Waals surface area contributed by atoms with Crippen molar-refractivity contribution in [2.24, 2.45) is 0 Å². The van der Waals surface area contributed by atoms with Crippen molar-refractivity contribution in [3.63, 3.8) is 0 Å². The zero-order chi connectivity index (χ0) is 14.9.